The Morgan fingerprint density at radius 2 is 1.81 bits per heavy atom. The molecule has 4 fully saturated rings. The van der Waals surface area contributed by atoms with E-state index in [0.29, 0.717) is 25.8 Å². The lowest BCUT2D eigenvalue weighted by Crippen LogP contribution is -2.57. The highest BCUT2D eigenvalue weighted by atomic mass is 19.4. The quantitative estimate of drug-likeness (QED) is 0.303. The summed E-state index contributed by atoms with van der Waals surface area (Å²) in [6.45, 7) is -1.000. The first-order valence-electron chi connectivity index (χ1n) is 12.0. The number of Topliss-reactive ketones (excluding diaryl/α,β-unsaturated/α-hetero) is 1. The molecule has 0 aromatic carbocycles. The molecule has 2 saturated heterocycles. The second-order valence-corrected chi connectivity index (χ2v) is 10.4. The molecule has 15 heteroatoms. The van der Waals surface area contributed by atoms with E-state index in [0.717, 1.165) is 4.90 Å². The van der Waals surface area contributed by atoms with E-state index in [9.17, 15) is 45.9 Å². The fourth-order valence-electron chi connectivity index (χ4n) is 5.13. The van der Waals surface area contributed by atoms with Gasteiger partial charge in [-0.1, -0.05) is 0 Å². The van der Waals surface area contributed by atoms with Crippen molar-refractivity contribution < 1.29 is 50.7 Å². The number of nitrogens with zero attached hydrogens (tertiary/aromatic N) is 1. The molecule has 0 aromatic rings. The molecule has 2 heterocycles. The Hall–Kier alpha value is -2.84. The van der Waals surface area contributed by atoms with Crippen LogP contribution in [-0.4, -0.2) is 84.4 Å². The Morgan fingerprint density at radius 1 is 1.14 bits per heavy atom. The van der Waals surface area contributed by atoms with Crippen LogP contribution in [0.15, 0.2) is 0 Å². The van der Waals surface area contributed by atoms with Crippen LogP contribution < -0.4 is 16.0 Å². The van der Waals surface area contributed by atoms with Crippen molar-refractivity contribution in [3.8, 4) is 0 Å². The Bertz CT molecular complexity index is 977. The number of carbonyl (C=O) groups is 5. The molecular weight excluding hydrogens is 511 g/mol. The van der Waals surface area contributed by atoms with Crippen LogP contribution in [-0.2, 0) is 28.7 Å². The topological polar surface area (TPSA) is 134 Å². The molecule has 2 aliphatic heterocycles. The van der Waals surface area contributed by atoms with E-state index in [2.05, 4.69) is 20.7 Å². The van der Waals surface area contributed by atoms with Crippen LogP contribution in [0.3, 0.4) is 0 Å². The second-order valence-electron chi connectivity index (χ2n) is 10.4. The maximum Gasteiger partial charge on any atom is 0.522 e. The molecule has 4 aliphatic rings. The van der Waals surface area contributed by atoms with Crippen molar-refractivity contribution in [1.29, 1.82) is 0 Å². The van der Waals surface area contributed by atoms with Gasteiger partial charge in [-0.2, -0.15) is 0 Å². The number of halogens is 5. The van der Waals surface area contributed by atoms with Crippen molar-refractivity contribution in [3.05, 3.63) is 0 Å². The molecule has 0 radical (unpaired) electrons. The lowest BCUT2D eigenvalue weighted by Gasteiger charge is -2.35. The average Bonchev–Trinajstić information content (AvgIpc) is 3.24. The van der Waals surface area contributed by atoms with E-state index in [1.807, 2.05) is 0 Å². The summed E-state index contributed by atoms with van der Waals surface area (Å²) in [5.74, 6) is -8.22. The number of hydrogen-bond acceptors (Lipinski definition) is 6. The van der Waals surface area contributed by atoms with Gasteiger partial charge in [0.15, 0.2) is 5.78 Å². The first-order valence-corrected chi connectivity index (χ1v) is 12.0. The van der Waals surface area contributed by atoms with Gasteiger partial charge in [-0.05, 0) is 37.5 Å². The number of ether oxygens (including phenoxy) is 1. The van der Waals surface area contributed by atoms with Crippen LogP contribution in [0.4, 0.5) is 22.0 Å². The summed E-state index contributed by atoms with van der Waals surface area (Å²) in [5, 5.41) is 7.14. The Kier molecular flexibility index (Phi) is 7.20. The molecule has 206 valence electrons. The lowest BCUT2D eigenvalue weighted by atomic mass is 9.88. The number of likely N-dealkylation sites (tertiary alicyclic amines) is 1. The van der Waals surface area contributed by atoms with Crippen LogP contribution in [0.25, 0.3) is 0 Å². The molecule has 1 unspecified atom stereocenters. The number of rotatable bonds is 8. The van der Waals surface area contributed by atoms with Crippen molar-refractivity contribution in [2.45, 2.75) is 75.4 Å². The van der Waals surface area contributed by atoms with Gasteiger partial charge in [0, 0.05) is 37.9 Å². The van der Waals surface area contributed by atoms with Gasteiger partial charge in [-0.15, -0.1) is 13.2 Å². The third-order valence-corrected chi connectivity index (χ3v) is 7.41. The molecule has 10 nitrogen and oxygen atoms in total. The maximum absolute atomic E-state index is 13.2. The predicted molar refractivity (Wildman–Crippen MR) is 113 cm³/mol. The van der Waals surface area contributed by atoms with E-state index >= 15 is 0 Å². The van der Waals surface area contributed by atoms with E-state index in [1.54, 1.807) is 0 Å². The summed E-state index contributed by atoms with van der Waals surface area (Å²) in [7, 11) is 0. The smallest absolute Gasteiger partial charge is 0.356 e. The second kappa shape index (κ2) is 9.80. The minimum Gasteiger partial charge on any atom is -0.356 e. The van der Waals surface area contributed by atoms with Crippen LogP contribution in [0.2, 0.25) is 0 Å². The molecule has 2 saturated carbocycles. The standard InChI is InChI=1S/C22H27F5N4O6/c23-21(24)6-12(7-21)29-18(35)19(36)31-10-20(2-3-20)8-14(31)17(34)30-13(5-11-1-4-28-16(11)33)15(32)9-37-22(25,26)27/h11-14H,1-10H2,(H,28,33)(H,29,35)(H,30,34)/t11-,13?,14-/m0/s1. The largest absolute Gasteiger partial charge is 0.522 e. The highest BCUT2D eigenvalue weighted by Gasteiger charge is 2.56. The van der Waals surface area contributed by atoms with Gasteiger partial charge >= 0.3 is 18.2 Å². The minimum absolute atomic E-state index is 0.0684. The van der Waals surface area contributed by atoms with Crippen molar-refractivity contribution in [2.24, 2.45) is 11.3 Å². The number of amides is 4. The number of alkyl halides is 5. The van der Waals surface area contributed by atoms with Gasteiger partial charge in [0.2, 0.25) is 11.8 Å². The maximum atomic E-state index is 13.2. The number of carbonyl (C=O) groups excluding carboxylic acids is 5. The van der Waals surface area contributed by atoms with Gasteiger partial charge < -0.3 is 20.9 Å². The van der Waals surface area contributed by atoms with Gasteiger partial charge in [0.25, 0.3) is 5.92 Å². The summed E-state index contributed by atoms with van der Waals surface area (Å²) in [6, 6.07) is -3.56. The summed E-state index contributed by atoms with van der Waals surface area (Å²) in [6.07, 6.45) is -4.70. The normalized spacial score (nSPS) is 26.8. The Balaban J connectivity index is 1.43. The highest BCUT2D eigenvalue weighted by Crippen LogP contribution is 2.54. The predicted octanol–water partition coefficient (Wildman–Crippen LogP) is 0.398. The molecule has 0 aromatic heterocycles. The zero-order valence-corrected chi connectivity index (χ0v) is 19.7. The van der Waals surface area contributed by atoms with Crippen LogP contribution in [0, 0.1) is 11.3 Å². The molecule has 1 spiro atoms. The molecule has 0 bridgehead atoms. The van der Waals surface area contributed by atoms with Crippen LogP contribution in [0.5, 0.6) is 0 Å². The summed E-state index contributed by atoms with van der Waals surface area (Å²) >= 11 is 0. The van der Waals surface area contributed by atoms with Crippen molar-refractivity contribution in [3.63, 3.8) is 0 Å². The molecule has 2 aliphatic carbocycles. The van der Waals surface area contributed by atoms with Gasteiger partial charge in [0.05, 0.1) is 6.04 Å². The minimum atomic E-state index is -5.08. The molecule has 3 atom stereocenters. The first-order chi connectivity index (χ1) is 17.2. The zero-order chi connectivity index (χ0) is 27.2. The van der Waals surface area contributed by atoms with Crippen molar-refractivity contribution >= 4 is 29.4 Å². The van der Waals surface area contributed by atoms with E-state index < -0.39 is 90.6 Å². The average molecular weight is 538 g/mol. The summed E-state index contributed by atoms with van der Waals surface area (Å²) < 4.78 is 67.2. The number of ketones is 1. The Labute approximate surface area is 208 Å². The third kappa shape index (κ3) is 6.54. The summed E-state index contributed by atoms with van der Waals surface area (Å²) in [5.41, 5.74) is -0.397. The van der Waals surface area contributed by atoms with Gasteiger partial charge in [-0.25, -0.2) is 8.78 Å². The SMILES string of the molecule is O=C(NC1CC(F)(F)C1)C(=O)N1CC2(CC2)C[C@H]1C(=O)NC(C[C@@H]1CCNC1=O)C(=O)COC(F)(F)F. The summed E-state index contributed by atoms with van der Waals surface area (Å²) in [4.78, 5) is 64.0. The lowest BCUT2D eigenvalue weighted by molar-refractivity contribution is -0.321. The molecule has 4 amide bonds. The third-order valence-electron chi connectivity index (χ3n) is 7.41. The molecule has 3 N–H and O–H groups in total. The van der Waals surface area contributed by atoms with E-state index in [1.165, 1.54) is 0 Å². The molecule has 4 rings (SSSR count). The fraction of sp³-hybridized carbons (Fsp3) is 0.773. The van der Waals surface area contributed by atoms with Crippen LogP contribution in [0.1, 0.15) is 44.9 Å². The molecule has 37 heavy (non-hydrogen) atoms. The van der Waals surface area contributed by atoms with Crippen molar-refractivity contribution in [1.82, 2.24) is 20.9 Å². The van der Waals surface area contributed by atoms with E-state index in [-0.39, 0.29) is 19.4 Å². The van der Waals surface area contributed by atoms with E-state index in [4.69, 9.17) is 0 Å². The molecular formula is C22H27F5N4O6. The Morgan fingerprint density at radius 3 is 2.35 bits per heavy atom. The number of hydrogen-bond donors (Lipinski definition) is 3. The zero-order valence-electron chi connectivity index (χ0n) is 19.7. The first kappa shape index (κ1) is 27.2. The number of nitrogens with one attached hydrogen (secondary N) is 3. The van der Waals surface area contributed by atoms with Gasteiger partial charge in [-0.3, -0.25) is 28.7 Å². The van der Waals surface area contributed by atoms with Crippen molar-refractivity contribution in [2.75, 3.05) is 19.7 Å². The monoisotopic (exact) mass is 538 g/mol. The highest BCUT2D eigenvalue weighted by molar-refractivity contribution is 6.35. The fourth-order valence-corrected chi connectivity index (χ4v) is 5.13. The van der Waals surface area contributed by atoms with Crippen LogP contribution >= 0.6 is 0 Å². The van der Waals surface area contributed by atoms with Gasteiger partial charge in [0.1, 0.15) is 12.6 Å².